The molecular weight excluding hydrogens is 402 g/mol. The number of aliphatic hydroxyl groups is 1. The minimum absolute atomic E-state index is 0.0655. The second-order valence-corrected chi connectivity index (χ2v) is 8.13. The third-order valence-electron chi connectivity index (χ3n) is 5.86. The SMILES string of the molecule is O=c1ccc2cc(OCc3cccc(C4CC(O)CCO4)c3)ccc2n1-c1ccccc1. The molecule has 1 saturated heterocycles. The molecular formula is C27H25NO4. The molecule has 2 unspecified atom stereocenters. The van der Waals surface area contributed by atoms with Gasteiger partial charge in [-0.3, -0.25) is 9.36 Å². The molecule has 2 atom stereocenters. The number of hydrogen-bond acceptors (Lipinski definition) is 4. The van der Waals surface area contributed by atoms with Crippen LogP contribution in [0.2, 0.25) is 0 Å². The van der Waals surface area contributed by atoms with Crippen molar-refractivity contribution in [2.24, 2.45) is 0 Å². The normalized spacial score (nSPS) is 18.5. The van der Waals surface area contributed by atoms with Crippen LogP contribution in [0.25, 0.3) is 16.6 Å². The molecule has 162 valence electrons. The molecule has 0 amide bonds. The summed E-state index contributed by atoms with van der Waals surface area (Å²) < 4.78 is 13.6. The summed E-state index contributed by atoms with van der Waals surface area (Å²) in [5.41, 5.74) is 3.72. The van der Waals surface area contributed by atoms with Crippen LogP contribution in [0.3, 0.4) is 0 Å². The third kappa shape index (κ3) is 4.31. The third-order valence-corrected chi connectivity index (χ3v) is 5.86. The highest BCUT2D eigenvalue weighted by Crippen LogP contribution is 2.29. The maximum atomic E-state index is 12.5. The van der Waals surface area contributed by atoms with E-state index >= 15 is 0 Å². The van der Waals surface area contributed by atoms with Crippen LogP contribution in [0.5, 0.6) is 5.75 Å². The van der Waals surface area contributed by atoms with Crippen LogP contribution in [0.4, 0.5) is 0 Å². The Morgan fingerprint density at radius 1 is 0.969 bits per heavy atom. The van der Waals surface area contributed by atoms with Crippen LogP contribution in [0.15, 0.2) is 89.7 Å². The van der Waals surface area contributed by atoms with Gasteiger partial charge < -0.3 is 14.6 Å². The van der Waals surface area contributed by atoms with Gasteiger partial charge in [-0.15, -0.1) is 0 Å². The lowest BCUT2D eigenvalue weighted by Gasteiger charge is -2.27. The van der Waals surface area contributed by atoms with E-state index < -0.39 is 0 Å². The highest BCUT2D eigenvalue weighted by molar-refractivity contribution is 5.82. The van der Waals surface area contributed by atoms with Crippen molar-refractivity contribution in [1.29, 1.82) is 0 Å². The highest BCUT2D eigenvalue weighted by Gasteiger charge is 2.22. The van der Waals surface area contributed by atoms with Gasteiger partial charge in [0.15, 0.2) is 0 Å². The van der Waals surface area contributed by atoms with Gasteiger partial charge in [0, 0.05) is 30.2 Å². The van der Waals surface area contributed by atoms with E-state index in [1.165, 1.54) is 0 Å². The molecule has 0 spiro atoms. The molecule has 5 rings (SSSR count). The quantitative estimate of drug-likeness (QED) is 0.498. The Bertz CT molecular complexity index is 1280. The van der Waals surface area contributed by atoms with Gasteiger partial charge in [-0.25, -0.2) is 0 Å². The molecule has 3 aromatic carbocycles. The number of para-hydroxylation sites is 1. The predicted molar refractivity (Wildman–Crippen MR) is 124 cm³/mol. The van der Waals surface area contributed by atoms with Gasteiger partial charge in [0.25, 0.3) is 5.56 Å². The van der Waals surface area contributed by atoms with Crippen molar-refractivity contribution in [2.75, 3.05) is 6.61 Å². The van der Waals surface area contributed by atoms with E-state index in [-0.39, 0.29) is 17.8 Å². The molecule has 2 heterocycles. The summed E-state index contributed by atoms with van der Waals surface area (Å²) in [7, 11) is 0. The summed E-state index contributed by atoms with van der Waals surface area (Å²) in [5, 5.41) is 10.9. The topological polar surface area (TPSA) is 60.7 Å². The van der Waals surface area contributed by atoms with Crippen LogP contribution in [-0.2, 0) is 11.3 Å². The van der Waals surface area contributed by atoms with Gasteiger partial charge in [0.2, 0.25) is 0 Å². The Hall–Kier alpha value is -3.41. The zero-order chi connectivity index (χ0) is 21.9. The summed E-state index contributed by atoms with van der Waals surface area (Å²) in [6.45, 7) is 1.00. The first-order valence-corrected chi connectivity index (χ1v) is 10.9. The molecule has 0 saturated carbocycles. The standard InChI is InChI=1S/C27H25NO4/c29-23-13-14-31-26(17-23)21-6-4-5-19(15-21)18-32-24-10-11-25-20(16-24)9-12-27(30)28(25)22-7-2-1-3-8-22/h1-12,15-16,23,26,29H,13-14,17-18H2. The zero-order valence-corrected chi connectivity index (χ0v) is 17.7. The van der Waals surface area contributed by atoms with Crippen molar-refractivity contribution < 1.29 is 14.6 Å². The van der Waals surface area contributed by atoms with E-state index in [9.17, 15) is 9.90 Å². The van der Waals surface area contributed by atoms with E-state index in [2.05, 4.69) is 6.07 Å². The van der Waals surface area contributed by atoms with E-state index in [1.807, 2.05) is 72.8 Å². The average Bonchev–Trinajstić information content (AvgIpc) is 2.83. The first-order valence-electron chi connectivity index (χ1n) is 10.9. The largest absolute Gasteiger partial charge is 0.489 e. The Morgan fingerprint density at radius 2 is 1.84 bits per heavy atom. The Balaban J connectivity index is 1.36. The molecule has 0 radical (unpaired) electrons. The summed E-state index contributed by atoms with van der Waals surface area (Å²) >= 11 is 0. The maximum Gasteiger partial charge on any atom is 0.255 e. The average molecular weight is 428 g/mol. The Labute approximate surface area is 186 Å². The van der Waals surface area contributed by atoms with Crippen molar-refractivity contribution in [3.63, 3.8) is 0 Å². The fourth-order valence-electron chi connectivity index (χ4n) is 4.22. The highest BCUT2D eigenvalue weighted by atomic mass is 16.5. The predicted octanol–water partition coefficient (Wildman–Crippen LogP) is 4.78. The van der Waals surface area contributed by atoms with Gasteiger partial charge in [0.1, 0.15) is 12.4 Å². The Kier molecular flexibility index (Phi) is 5.75. The number of pyridine rings is 1. The first-order chi connectivity index (χ1) is 15.7. The summed E-state index contributed by atoms with van der Waals surface area (Å²) in [4.78, 5) is 12.5. The number of benzene rings is 3. The van der Waals surface area contributed by atoms with Crippen LogP contribution in [0.1, 0.15) is 30.1 Å². The number of ether oxygens (including phenoxy) is 2. The van der Waals surface area contributed by atoms with E-state index in [0.29, 0.717) is 26.1 Å². The van der Waals surface area contributed by atoms with E-state index in [1.54, 1.807) is 10.6 Å². The van der Waals surface area contributed by atoms with Gasteiger partial charge in [-0.1, -0.05) is 36.4 Å². The van der Waals surface area contributed by atoms with Crippen LogP contribution in [-0.4, -0.2) is 22.4 Å². The fraction of sp³-hybridized carbons (Fsp3) is 0.222. The van der Waals surface area contributed by atoms with E-state index in [0.717, 1.165) is 33.5 Å². The molecule has 0 aliphatic carbocycles. The van der Waals surface area contributed by atoms with Crippen molar-refractivity contribution in [2.45, 2.75) is 31.7 Å². The van der Waals surface area contributed by atoms with Crippen molar-refractivity contribution in [3.05, 3.63) is 106 Å². The molecule has 5 nitrogen and oxygen atoms in total. The first kappa shape index (κ1) is 20.5. The summed E-state index contributed by atoms with van der Waals surface area (Å²) in [6.07, 6.45) is 0.936. The number of rotatable bonds is 5. The van der Waals surface area contributed by atoms with Gasteiger partial charge in [0.05, 0.1) is 17.7 Å². The van der Waals surface area contributed by atoms with Gasteiger partial charge >= 0.3 is 0 Å². The minimum atomic E-state index is -0.306. The van der Waals surface area contributed by atoms with Gasteiger partial charge in [-0.2, -0.15) is 0 Å². The van der Waals surface area contributed by atoms with Crippen LogP contribution < -0.4 is 10.3 Å². The number of nitrogens with zero attached hydrogens (tertiary/aromatic N) is 1. The molecule has 0 bridgehead atoms. The molecule has 4 aromatic rings. The van der Waals surface area contributed by atoms with Gasteiger partial charge in [-0.05, 0) is 60.0 Å². The van der Waals surface area contributed by atoms with Crippen molar-refractivity contribution in [1.82, 2.24) is 4.57 Å². The monoisotopic (exact) mass is 427 g/mol. The molecule has 1 aliphatic heterocycles. The summed E-state index contributed by atoms with van der Waals surface area (Å²) in [6, 6.07) is 26.9. The molecule has 1 fully saturated rings. The van der Waals surface area contributed by atoms with Crippen molar-refractivity contribution in [3.8, 4) is 11.4 Å². The number of hydrogen-bond donors (Lipinski definition) is 1. The number of aromatic nitrogens is 1. The summed E-state index contributed by atoms with van der Waals surface area (Å²) in [5.74, 6) is 0.741. The number of aliphatic hydroxyl groups excluding tert-OH is 1. The molecule has 1 aliphatic rings. The maximum absolute atomic E-state index is 12.5. The lowest BCUT2D eigenvalue weighted by molar-refractivity contribution is -0.0448. The number of fused-ring (bicyclic) bond motifs is 1. The van der Waals surface area contributed by atoms with Crippen LogP contribution in [0, 0.1) is 0 Å². The zero-order valence-electron chi connectivity index (χ0n) is 17.7. The molecule has 1 aromatic heterocycles. The molecule has 1 N–H and O–H groups in total. The van der Waals surface area contributed by atoms with Crippen LogP contribution >= 0.6 is 0 Å². The Morgan fingerprint density at radius 3 is 2.69 bits per heavy atom. The smallest absolute Gasteiger partial charge is 0.255 e. The molecule has 5 heteroatoms. The van der Waals surface area contributed by atoms with E-state index in [4.69, 9.17) is 9.47 Å². The van der Waals surface area contributed by atoms with Crippen molar-refractivity contribution >= 4 is 10.9 Å². The lowest BCUT2D eigenvalue weighted by atomic mass is 9.98. The fourth-order valence-corrected chi connectivity index (χ4v) is 4.22. The lowest BCUT2D eigenvalue weighted by Crippen LogP contribution is -2.23. The minimum Gasteiger partial charge on any atom is -0.489 e. The molecule has 32 heavy (non-hydrogen) atoms. The second-order valence-electron chi connectivity index (χ2n) is 8.13. The second kappa shape index (κ2) is 8.99.